The Morgan fingerprint density at radius 1 is 1.45 bits per heavy atom. The Morgan fingerprint density at radius 2 is 2.14 bits per heavy atom. The van der Waals surface area contributed by atoms with Crippen LogP contribution in [-0.4, -0.2) is 35.7 Å². The molecule has 2 rings (SSSR count). The van der Waals surface area contributed by atoms with Gasteiger partial charge in [-0.2, -0.15) is 13.2 Å². The number of nitrogens with one attached hydrogen (secondary N) is 1. The van der Waals surface area contributed by atoms with Crippen molar-refractivity contribution in [2.45, 2.75) is 31.7 Å². The van der Waals surface area contributed by atoms with Gasteiger partial charge < -0.3 is 15.3 Å². The topological polar surface area (TPSA) is 52.6 Å². The van der Waals surface area contributed by atoms with E-state index >= 15 is 0 Å². The maximum Gasteiger partial charge on any atom is 0.416 e. The molecule has 2 N–H and O–H groups in total. The second kappa shape index (κ2) is 6.56. The molecule has 4 nitrogen and oxygen atoms in total. The number of carbonyl (C=O) groups is 1. The lowest BCUT2D eigenvalue weighted by Gasteiger charge is -2.21. The summed E-state index contributed by atoms with van der Waals surface area (Å²) in [6.07, 6.45) is -2.99. The van der Waals surface area contributed by atoms with Gasteiger partial charge >= 0.3 is 12.2 Å². The molecule has 1 unspecified atom stereocenters. The molecule has 22 heavy (non-hydrogen) atoms. The van der Waals surface area contributed by atoms with Crippen LogP contribution in [0.25, 0.3) is 0 Å². The molecule has 1 atom stereocenters. The van der Waals surface area contributed by atoms with Crippen molar-refractivity contribution >= 4 is 6.03 Å². The van der Waals surface area contributed by atoms with Gasteiger partial charge in [0.05, 0.1) is 11.7 Å². The normalized spacial score (nSPS) is 16.2. The first-order valence-electron chi connectivity index (χ1n) is 7.10. The maximum absolute atomic E-state index is 12.6. The van der Waals surface area contributed by atoms with Crippen molar-refractivity contribution in [2.24, 2.45) is 5.92 Å². The molecular formula is C15H19F3N2O2. The summed E-state index contributed by atoms with van der Waals surface area (Å²) in [6, 6.07) is 4.42. The molecule has 1 aliphatic rings. The van der Waals surface area contributed by atoms with E-state index in [4.69, 9.17) is 0 Å². The molecule has 0 aromatic heterocycles. The number of amides is 2. The third kappa shape index (κ3) is 4.62. The zero-order chi connectivity index (χ0) is 16.3. The van der Waals surface area contributed by atoms with E-state index in [-0.39, 0.29) is 19.0 Å². The number of aliphatic hydroxyl groups excluding tert-OH is 1. The number of aliphatic hydroxyl groups is 1. The fourth-order valence-electron chi connectivity index (χ4n) is 2.16. The van der Waals surface area contributed by atoms with Crippen molar-refractivity contribution in [3.05, 3.63) is 35.4 Å². The highest BCUT2D eigenvalue weighted by molar-refractivity contribution is 5.73. The highest BCUT2D eigenvalue weighted by Gasteiger charge is 2.31. The lowest BCUT2D eigenvalue weighted by molar-refractivity contribution is -0.137. The number of urea groups is 1. The van der Waals surface area contributed by atoms with Crippen LogP contribution in [0, 0.1) is 5.92 Å². The predicted molar refractivity (Wildman–Crippen MR) is 75.0 cm³/mol. The second-order valence-corrected chi connectivity index (χ2v) is 5.64. The van der Waals surface area contributed by atoms with Gasteiger partial charge in [0.1, 0.15) is 0 Å². The van der Waals surface area contributed by atoms with Gasteiger partial charge in [0.25, 0.3) is 0 Å². The standard InChI is InChI=1S/C15H19F3N2O2/c1-20(9-13(21)11-5-6-11)14(22)19-8-10-3-2-4-12(7-10)15(16,17)18/h2-4,7,11,13,21H,5-6,8-9H2,1H3,(H,19,22). The summed E-state index contributed by atoms with van der Waals surface area (Å²) >= 11 is 0. The van der Waals surface area contributed by atoms with Crippen molar-refractivity contribution in [2.75, 3.05) is 13.6 Å². The third-order valence-electron chi connectivity index (χ3n) is 3.67. The number of hydrogen-bond acceptors (Lipinski definition) is 2. The number of likely N-dealkylation sites (N-methyl/N-ethyl adjacent to an activating group) is 1. The summed E-state index contributed by atoms with van der Waals surface area (Å²) in [4.78, 5) is 13.2. The smallest absolute Gasteiger partial charge is 0.391 e. The number of carbonyl (C=O) groups excluding carboxylic acids is 1. The minimum absolute atomic E-state index is 0.00656. The summed E-state index contributed by atoms with van der Waals surface area (Å²) in [6.45, 7) is 0.228. The van der Waals surface area contributed by atoms with Gasteiger partial charge in [0, 0.05) is 20.1 Å². The molecule has 0 saturated heterocycles. The number of benzene rings is 1. The zero-order valence-corrected chi connectivity index (χ0v) is 12.2. The highest BCUT2D eigenvalue weighted by Crippen LogP contribution is 2.32. The van der Waals surface area contributed by atoms with Crippen LogP contribution in [0.3, 0.4) is 0 Å². The predicted octanol–water partition coefficient (Wildman–Crippen LogP) is 2.62. The monoisotopic (exact) mass is 316 g/mol. The summed E-state index contributed by atoms with van der Waals surface area (Å²) in [5, 5.41) is 12.3. The van der Waals surface area contributed by atoms with Crippen LogP contribution in [0.4, 0.5) is 18.0 Å². The van der Waals surface area contributed by atoms with Crippen molar-refractivity contribution in [1.29, 1.82) is 0 Å². The van der Waals surface area contributed by atoms with Gasteiger partial charge in [-0.15, -0.1) is 0 Å². The Bertz CT molecular complexity index is 530. The molecule has 0 aliphatic heterocycles. The SMILES string of the molecule is CN(CC(O)C1CC1)C(=O)NCc1cccc(C(F)(F)F)c1. The van der Waals surface area contributed by atoms with E-state index in [0.717, 1.165) is 25.0 Å². The van der Waals surface area contributed by atoms with Crippen LogP contribution in [0.1, 0.15) is 24.0 Å². The molecular weight excluding hydrogens is 297 g/mol. The summed E-state index contributed by atoms with van der Waals surface area (Å²) in [5.41, 5.74) is -0.365. The Morgan fingerprint density at radius 3 is 2.73 bits per heavy atom. The largest absolute Gasteiger partial charge is 0.416 e. The zero-order valence-electron chi connectivity index (χ0n) is 12.2. The summed E-state index contributed by atoms with van der Waals surface area (Å²) in [5.74, 6) is 0.263. The second-order valence-electron chi connectivity index (χ2n) is 5.64. The van der Waals surface area contributed by atoms with Gasteiger partial charge in [0.2, 0.25) is 0 Å². The van der Waals surface area contributed by atoms with Crippen molar-refractivity contribution in [3.63, 3.8) is 0 Å². The van der Waals surface area contributed by atoms with Crippen molar-refractivity contribution in [1.82, 2.24) is 10.2 Å². The van der Waals surface area contributed by atoms with Gasteiger partial charge in [-0.3, -0.25) is 0 Å². The first-order chi connectivity index (χ1) is 10.3. The van der Waals surface area contributed by atoms with E-state index in [0.29, 0.717) is 5.56 Å². The van der Waals surface area contributed by atoms with E-state index in [1.165, 1.54) is 17.0 Å². The molecule has 0 radical (unpaired) electrons. The number of rotatable bonds is 5. The average molecular weight is 316 g/mol. The Labute approximate surface area is 126 Å². The lowest BCUT2D eigenvalue weighted by Crippen LogP contribution is -2.41. The molecule has 0 spiro atoms. The van der Waals surface area contributed by atoms with Gasteiger partial charge in [-0.25, -0.2) is 4.79 Å². The number of nitrogens with zero attached hydrogens (tertiary/aromatic N) is 1. The van der Waals surface area contributed by atoms with Gasteiger partial charge in [-0.05, 0) is 36.5 Å². The van der Waals surface area contributed by atoms with E-state index < -0.39 is 23.9 Å². The molecule has 7 heteroatoms. The summed E-state index contributed by atoms with van der Waals surface area (Å²) < 4.78 is 37.8. The van der Waals surface area contributed by atoms with E-state index in [9.17, 15) is 23.1 Å². The number of hydrogen-bond donors (Lipinski definition) is 2. The molecule has 2 amide bonds. The van der Waals surface area contributed by atoms with E-state index in [1.807, 2.05) is 0 Å². The molecule has 1 fully saturated rings. The molecule has 122 valence electrons. The van der Waals surface area contributed by atoms with Crippen LogP contribution in [0.15, 0.2) is 24.3 Å². The minimum atomic E-state index is -4.40. The molecule has 1 saturated carbocycles. The van der Waals surface area contributed by atoms with Crippen LogP contribution in [0.5, 0.6) is 0 Å². The molecule has 0 heterocycles. The van der Waals surface area contributed by atoms with E-state index in [2.05, 4.69) is 5.32 Å². The fourth-order valence-corrected chi connectivity index (χ4v) is 2.16. The Balaban J connectivity index is 1.85. The fraction of sp³-hybridized carbons (Fsp3) is 0.533. The maximum atomic E-state index is 12.6. The quantitative estimate of drug-likeness (QED) is 0.877. The van der Waals surface area contributed by atoms with Crippen LogP contribution in [-0.2, 0) is 12.7 Å². The van der Waals surface area contributed by atoms with Crippen LogP contribution in [0.2, 0.25) is 0 Å². The van der Waals surface area contributed by atoms with Gasteiger partial charge in [0.15, 0.2) is 0 Å². The Hall–Kier alpha value is -1.76. The minimum Gasteiger partial charge on any atom is -0.391 e. The molecule has 0 bridgehead atoms. The lowest BCUT2D eigenvalue weighted by atomic mass is 10.1. The average Bonchev–Trinajstić information content (AvgIpc) is 3.28. The van der Waals surface area contributed by atoms with E-state index in [1.54, 1.807) is 7.05 Å². The van der Waals surface area contributed by atoms with Crippen LogP contribution >= 0.6 is 0 Å². The number of halogens is 3. The van der Waals surface area contributed by atoms with Crippen LogP contribution < -0.4 is 5.32 Å². The first kappa shape index (κ1) is 16.6. The number of alkyl halides is 3. The third-order valence-corrected chi connectivity index (χ3v) is 3.67. The highest BCUT2D eigenvalue weighted by atomic mass is 19.4. The first-order valence-corrected chi connectivity index (χ1v) is 7.10. The Kier molecular flexibility index (Phi) is 4.95. The summed E-state index contributed by atoms with van der Waals surface area (Å²) in [7, 11) is 1.55. The molecule has 1 aromatic rings. The van der Waals surface area contributed by atoms with Crippen molar-refractivity contribution in [3.8, 4) is 0 Å². The molecule has 1 aromatic carbocycles. The van der Waals surface area contributed by atoms with Crippen molar-refractivity contribution < 1.29 is 23.1 Å². The van der Waals surface area contributed by atoms with Gasteiger partial charge in [-0.1, -0.05) is 12.1 Å². The molecule has 1 aliphatic carbocycles.